The molecule has 0 aliphatic carbocycles. The maximum atomic E-state index is 12.4. The highest BCUT2D eigenvalue weighted by Crippen LogP contribution is 2.23. The Hall–Kier alpha value is -1.38. The van der Waals surface area contributed by atoms with Crippen molar-refractivity contribution in [3.05, 3.63) is 37.4 Å². The summed E-state index contributed by atoms with van der Waals surface area (Å²) in [7, 11) is 4.06. The van der Waals surface area contributed by atoms with Crippen LogP contribution in [0.4, 0.5) is 0 Å². The fraction of sp³-hybridized carbons (Fsp3) is 0.611. The van der Waals surface area contributed by atoms with Crippen molar-refractivity contribution in [3.63, 3.8) is 0 Å². The van der Waals surface area contributed by atoms with Gasteiger partial charge in [-0.25, -0.2) is 18.3 Å². The topological polar surface area (TPSA) is 46.7 Å². The number of aryl methyl sites for hydroxylation is 3. The Balaban J connectivity index is 2.06. The average Bonchev–Trinajstić information content (AvgIpc) is 3.21. The van der Waals surface area contributed by atoms with Gasteiger partial charge in [0, 0.05) is 23.8 Å². The SMILES string of the molecule is CCCNC(=O)C(CI)CC(CCn1cc[n+](C)c1)n1cc[n+](C)c1. The van der Waals surface area contributed by atoms with Gasteiger partial charge in [0.15, 0.2) is 0 Å². The minimum atomic E-state index is 0.0469. The summed E-state index contributed by atoms with van der Waals surface area (Å²) in [5.74, 6) is 0.232. The van der Waals surface area contributed by atoms with Crippen LogP contribution in [0.5, 0.6) is 0 Å². The van der Waals surface area contributed by atoms with Crippen molar-refractivity contribution in [2.45, 2.75) is 38.8 Å². The Morgan fingerprint density at radius 3 is 2.48 bits per heavy atom. The van der Waals surface area contributed by atoms with E-state index in [1.807, 2.05) is 14.1 Å². The summed E-state index contributed by atoms with van der Waals surface area (Å²) < 4.78 is 9.40. The van der Waals surface area contributed by atoms with Gasteiger partial charge in [0.25, 0.3) is 0 Å². The van der Waals surface area contributed by atoms with E-state index in [9.17, 15) is 4.79 Å². The fourth-order valence-electron chi connectivity index (χ4n) is 2.97. The maximum absolute atomic E-state index is 12.4. The lowest BCUT2D eigenvalue weighted by Crippen LogP contribution is -2.34. The van der Waals surface area contributed by atoms with Gasteiger partial charge in [0.05, 0.1) is 26.6 Å². The Morgan fingerprint density at radius 1 is 1.20 bits per heavy atom. The smallest absolute Gasteiger partial charge is 0.243 e. The van der Waals surface area contributed by atoms with Crippen LogP contribution < -0.4 is 14.5 Å². The molecule has 0 fully saturated rings. The fourth-order valence-corrected chi connectivity index (χ4v) is 3.73. The Labute approximate surface area is 164 Å². The number of nitrogens with one attached hydrogen (secondary N) is 1. The monoisotopic (exact) mass is 459 g/mol. The molecule has 2 atom stereocenters. The lowest BCUT2D eigenvalue weighted by Gasteiger charge is -2.19. The van der Waals surface area contributed by atoms with Crippen LogP contribution in [-0.2, 0) is 25.4 Å². The van der Waals surface area contributed by atoms with Crippen LogP contribution in [0.15, 0.2) is 37.4 Å². The lowest BCUT2D eigenvalue weighted by molar-refractivity contribution is -0.671. The zero-order chi connectivity index (χ0) is 18.2. The molecule has 2 aromatic rings. The molecule has 2 rings (SSSR count). The van der Waals surface area contributed by atoms with E-state index in [2.05, 4.69) is 90.5 Å². The van der Waals surface area contributed by atoms with E-state index < -0.39 is 0 Å². The first-order valence-electron chi connectivity index (χ1n) is 8.90. The number of hydrogen-bond acceptors (Lipinski definition) is 1. The average molecular weight is 459 g/mol. The molecule has 2 heterocycles. The minimum absolute atomic E-state index is 0.0469. The number of rotatable bonds is 10. The predicted molar refractivity (Wildman–Crippen MR) is 105 cm³/mol. The zero-order valence-corrected chi connectivity index (χ0v) is 17.6. The second-order valence-electron chi connectivity index (χ2n) is 6.66. The zero-order valence-electron chi connectivity index (χ0n) is 15.4. The number of halogens is 1. The summed E-state index contributed by atoms with van der Waals surface area (Å²) in [5.41, 5.74) is 0. The number of aromatic nitrogens is 4. The number of carbonyl (C=O) groups excluding carboxylic acids is 1. The first-order valence-corrected chi connectivity index (χ1v) is 10.4. The number of carbonyl (C=O) groups is 1. The maximum Gasteiger partial charge on any atom is 0.243 e. The molecule has 0 aliphatic rings. The molecule has 6 nitrogen and oxygen atoms in total. The third kappa shape index (κ3) is 6.13. The second-order valence-corrected chi connectivity index (χ2v) is 7.54. The third-order valence-corrected chi connectivity index (χ3v) is 5.48. The summed E-state index contributed by atoms with van der Waals surface area (Å²) in [6.07, 6.45) is 15.3. The van der Waals surface area contributed by atoms with Crippen LogP contribution >= 0.6 is 22.6 Å². The van der Waals surface area contributed by atoms with Crippen molar-refractivity contribution >= 4 is 28.5 Å². The number of imidazole rings is 2. The number of alkyl halides is 1. The van der Waals surface area contributed by atoms with E-state index in [4.69, 9.17) is 0 Å². The number of amides is 1. The van der Waals surface area contributed by atoms with Crippen molar-refractivity contribution in [2.24, 2.45) is 20.0 Å². The van der Waals surface area contributed by atoms with E-state index in [0.717, 1.165) is 36.8 Å². The molecule has 138 valence electrons. The molecule has 0 saturated heterocycles. The standard InChI is InChI=1S/C18H29IN5O/c1-4-6-20-18(25)16(13-19)12-17(24-11-9-22(3)15-24)5-7-23-10-8-21(2)14-23/h8-11,14-17H,4-7,12-13H2,1-3H3/q+1/p+1. The number of nitrogens with zero attached hydrogens (tertiary/aromatic N) is 4. The van der Waals surface area contributed by atoms with E-state index >= 15 is 0 Å². The van der Waals surface area contributed by atoms with Crippen molar-refractivity contribution in [3.8, 4) is 0 Å². The summed E-state index contributed by atoms with van der Waals surface area (Å²) in [4.78, 5) is 12.4. The van der Waals surface area contributed by atoms with E-state index in [-0.39, 0.29) is 11.8 Å². The Bertz CT molecular complexity index is 666. The van der Waals surface area contributed by atoms with Crippen LogP contribution in [0, 0.1) is 5.92 Å². The van der Waals surface area contributed by atoms with Gasteiger partial charge in [-0.2, -0.15) is 0 Å². The van der Waals surface area contributed by atoms with Crippen LogP contribution in [0.2, 0.25) is 0 Å². The molecule has 0 spiro atoms. The Kier molecular flexibility index (Phi) is 7.92. The molecule has 0 aromatic carbocycles. The normalized spacial score (nSPS) is 13.6. The molecule has 2 aromatic heterocycles. The first kappa shape index (κ1) is 19.9. The molecule has 1 amide bonds. The number of hydrogen-bond donors (Lipinski definition) is 1. The van der Waals surface area contributed by atoms with Crippen LogP contribution in [-0.4, -0.2) is 26.0 Å². The summed E-state index contributed by atoms with van der Waals surface area (Å²) in [6.45, 7) is 3.78. The molecule has 0 saturated carbocycles. The highest BCUT2D eigenvalue weighted by molar-refractivity contribution is 14.1. The van der Waals surface area contributed by atoms with Gasteiger partial charge >= 0.3 is 0 Å². The molecule has 1 N–H and O–H groups in total. The van der Waals surface area contributed by atoms with Crippen molar-refractivity contribution in [1.29, 1.82) is 0 Å². The van der Waals surface area contributed by atoms with Crippen LogP contribution in [0.1, 0.15) is 32.2 Å². The predicted octanol–water partition coefficient (Wildman–Crippen LogP) is 1.54. The summed E-state index contributed by atoms with van der Waals surface area (Å²) in [5, 5.41) is 3.06. The van der Waals surface area contributed by atoms with E-state index in [1.54, 1.807) is 0 Å². The Morgan fingerprint density at radius 2 is 1.92 bits per heavy atom. The van der Waals surface area contributed by atoms with Crippen LogP contribution in [0.25, 0.3) is 0 Å². The largest absolute Gasteiger partial charge is 0.356 e. The van der Waals surface area contributed by atoms with Crippen LogP contribution in [0.3, 0.4) is 0 Å². The lowest BCUT2D eigenvalue weighted by atomic mass is 9.98. The highest BCUT2D eigenvalue weighted by Gasteiger charge is 2.26. The molecule has 7 heteroatoms. The second kappa shape index (κ2) is 9.94. The quantitative estimate of drug-likeness (QED) is 0.327. The molecule has 25 heavy (non-hydrogen) atoms. The summed E-state index contributed by atoms with van der Waals surface area (Å²) >= 11 is 2.33. The molecular weight excluding hydrogens is 429 g/mol. The van der Waals surface area contributed by atoms with Gasteiger partial charge in [0.2, 0.25) is 18.6 Å². The molecular formula is C18H30IN5O+2. The van der Waals surface area contributed by atoms with Crippen molar-refractivity contribution in [2.75, 3.05) is 11.0 Å². The van der Waals surface area contributed by atoms with Gasteiger partial charge in [-0.3, -0.25) is 4.79 Å². The van der Waals surface area contributed by atoms with E-state index in [0.29, 0.717) is 6.04 Å². The molecule has 0 bridgehead atoms. The van der Waals surface area contributed by atoms with Gasteiger partial charge < -0.3 is 5.32 Å². The van der Waals surface area contributed by atoms with E-state index in [1.165, 1.54) is 0 Å². The molecule has 0 radical (unpaired) electrons. The van der Waals surface area contributed by atoms with Gasteiger partial charge in [-0.15, -0.1) is 0 Å². The van der Waals surface area contributed by atoms with Gasteiger partial charge in [-0.1, -0.05) is 29.5 Å². The van der Waals surface area contributed by atoms with Gasteiger partial charge in [-0.05, 0) is 6.42 Å². The molecule has 2 unspecified atom stereocenters. The third-order valence-electron chi connectivity index (χ3n) is 4.42. The van der Waals surface area contributed by atoms with Gasteiger partial charge in [0.1, 0.15) is 30.8 Å². The minimum Gasteiger partial charge on any atom is -0.356 e. The highest BCUT2D eigenvalue weighted by atomic mass is 127. The van der Waals surface area contributed by atoms with Crippen molar-refractivity contribution < 1.29 is 13.9 Å². The molecule has 0 aliphatic heterocycles. The first-order chi connectivity index (χ1) is 12.0. The van der Waals surface area contributed by atoms with Crippen molar-refractivity contribution in [1.82, 2.24) is 14.5 Å². The summed E-state index contributed by atoms with van der Waals surface area (Å²) in [6, 6.07) is 0.307.